The lowest BCUT2D eigenvalue weighted by atomic mass is 10.3. The van der Waals surface area contributed by atoms with Crippen molar-refractivity contribution in [1.82, 2.24) is 14.6 Å². The molecular formula is C15H23N3O4S. The van der Waals surface area contributed by atoms with Crippen LogP contribution in [0.25, 0.3) is 0 Å². The van der Waals surface area contributed by atoms with E-state index < -0.39 is 15.3 Å². The predicted octanol–water partition coefficient (Wildman–Crippen LogP) is 1.02. The Labute approximate surface area is 137 Å². The summed E-state index contributed by atoms with van der Waals surface area (Å²) in [6.45, 7) is 6.44. The van der Waals surface area contributed by atoms with E-state index in [2.05, 4.69) is 9.71 Å². The summed E-state index contributed by atoms with van der Waals surface area (Å²) in [6.07, 6.45) is 0.401. The Hall–Kier alpha value is -1.67. The van der Waals surface area contributed by atoms with Crippen LogP contribution < -0.4 is 9.46 Å². The molecule has 8 heteroatoms. The minimum atomic E-state index is -3.37. The van der Waals surface area contributed by atoms with Gasteiger partial charge in [-0.1, -0.05) is 13.0 Å². The Kier molecular flexibility index (Phi) is 5.59. The van der Waals surface area contributed by atoms with E-state index >= 15 is 0 Å². The van der Waals surface area contributed by atoms with Crippen molar-refractivity contribution in [2.45, 2.75) is 38.5 Å². The van der Waals surface area contributed by atoms with E-state index in [4.69, 9.17) is 4.74 Å². The highest BCUT2D eigenvalue weighted by Gasteiger charge is 2.35. The molecule has 0 radical (unpaired) electrons. The van der Waals surface area contributed by atoms with Crippen molar-refractivity contribution in [3.05, 3.63) is 23.9 Å². The molecule has 0 aliphatic carbocycles. The second-order valence-electron chi connectivity index (χ2n) is 5.73. The first-order valence-electron chi connectivity index (χ1n) is 7.75. The molecule has 1 saturated heterocycles. The molecule has 1 aromatic heterocycles. The van der Waals surface area contributed by atoms with E-state index in [1.165, 1.54) is 4.90 Å². The molecule has 2 rings (SSSR count). The van der Waals surface area contributed by atoms with Gasteiger partial charge in [0.2, 0.25) is 15.9 Å². The van der Waals surface area contributed by atoms with Crippen molar-refractivity contribution in [3.63, 3.8) is 0 Å². The standard InChI is InChI=1S/C15H23N3O4S/c1-4-16-23(20,21)12-8-9-18(10-12)15(19)13-6-5-7-14(17-13)22-11(2)3/h5-7,11-12,16H,4,8-10H2,1-3H3. The fourth-order valence-corrected chi connectivity index (χ4v) is 3.92. The van der Waals surface area contributed by atoms with Crippen molar-refractivity contribution in [2.75, 3.05) is 19.6 Å². The summed E-state index contributed by atoms with van der Waals surface area (Å²) in [7, 11) is -3.37. The Morgan fingerprint density at radius 2 is 2.22 bits per heavy atom. The molecule has 1 amide bonds. The topological polar surface area (TPSA) is 88.6 Å². The van der Waals surface area contributed by atoms with Crippen LogP contribution in [-0.4, -0.2) is 55.2 Å². The van der Waals surface area contributed by atoms with Crippen molar-refractivity contribution < 1.29 is 17.9 Å². The molecule has 1 unspecified atom stereocenters. The first-order chi connectivity index (χ1) is 10.8. The van der Waals surface area contributed by atoms with Gasteiger partial charge in [-0.2, -0.15) is 0 Å². The number of pyridine rings is 1. The van der Waals surface area contributed by atoms with Gasteiger partial charge in [0.15, 0.2) is 0 Å². The lowest BCUT2D eigenvalue weighted by Crippen LogP contribution is -2.37. The quantitative estimate of drug-likeness (QED) is 0.834. The second kappa shape index (κ2) is 7.27. The monoisotopic (exact) mass is 341 g/mol. The summed E-state index contributed by atoms with van der Waals surface area (Å²) in [4.78, 5) is 18.2. The van der Waals surface area contributed by atoms with E-state index in [1.807, 2.05) is 13.8 Å². The van der Waals surface area contributed by atoms with Crippen molar-refractivity contribution in [2.24, 2.45) is 0 Å². The number of amides is 1. The molecule has 0 bridgehead atoms. The highest BCUT2D eigenvalue weighted by Crippen LogP contribution is 2.19. The Morgan fingerprint density at radius 3 is 2.87 bits per heavy atom. The van der Waals surface area contributed by atoms with Crippen LogP contribution in [0.5, 0.6) is 5.88 Å². The van der Waals surface area contributed by atoms with Crippen LogP contribution in [0.15, 0.2) is 18.2 Å². The Morgan fingerprint density at radius 1 is 1.48 bits per heavy atom. The average molecular weight is 341 g/mol. The van der Waals surface area contributed by atoms with E-state index in [0.717, 1.165) is 0 Å². The molecule has 23 heavy (non-hydrogen) atoms. The van der Waals surface area contributed by atoms with Gasteiger partial charge < -0.3 is 9.64 Å². The SMILES string of the molecule is CCNS(=O)(=O)C1CCN(C(=O)c2cccc(OC(C)C)n2)C1. The van der Waals surface area contributed by atoms with Gasteiger partial charge in [0.05, 0.1) is 11.4 Å². The van der Waals surface area contributed by atoms with Crippen molar-refractivity contribution >= 4 is 15.9 Å². The number of rotatable bonds is 6. The highest BCUT2D eigenvalue weighted by molar-refractivity contribution is 7.90. The lowest BCUT2D eigenvalue weighted by molar-refractivity contribution is 0.0785. The van der Waals surface area contributed by atoms with Gasteiger partial charge in [-0.25, -0.2) is 18.1 Å². The minimum absolute atomic E-state index is 0.0331. The molecule has 1 atom stereocenters. The first kappa shape index (κ1) is 17.7. The zero-order valence-electron chi connectivity index (χ0n) is 13.7. The molecule has 1 aliphatic rings. The van der Waals surface area contributed by atoms with E-state index in [9.17, 15) is 13.2 Å². The molecule has 7 nitrogen and oxygen atoms in total. The average Bonchev–Trinajstić information content (AvgIpc) is 2.96. The van der Waals surface area contributed by atoms with Gasteiger partial charge in [-0.05, 0) is 26.3 Å². The predicted molar refractivity (Wildman–Crippen MR) is 86.9 cm³/mol. The van der Waals surface area contributed by atoms with Gasteiger partial charge in [0, 0.05) is 25.7 Å². The zero-order chi connectivity index (χ0) is 17.0. The van der Waals surface area contributed by atoms with Crippen LogP contribution in [0.4, 0.5) is 0 Å². The number of carbonyl (C=O) groups is 1. The molecule has 1 N–H and O–H groups in total. The van der Waals surface area contributed by atoms with Crippen molar-refractivity contribution in [3.8, 4) is 5.88 Å². The third-order valence-electron chi connectivity index (χ3n) is 3.52. The first-order valence-corrected chi connectivity index (χ1v) is 9.29. The number of hydrogen-bond acceptors (Lipinski definition) is 5. The molecule has 1 aromatic rings. The fraction of sp³-hybridized carbons (Fsp3) is 0.600. The molecule has 1 aliphatic heterocycles. The van der Waals surface area contributed by atoms with Crippen LogP contribution in [0, 0.1) is 0 Å². The number of aromatic nitrogens is 1. The van der Waals surface area contributed by atoms with E-state index in [-0.39, 0.29) is 24.2 Å². The number of carbonyl (C=O) groups excluding carboxylic acids is 1. The molecule has 1 fully saturated rings. The van der Waals surface area contributed by atoms with Crippen LogP contribution >= 0.6 is 0 Å². The van der Waals surface area contributed by atoms with Crippen LogP contribution in [-0.2, 0) is 10.0 Å². The van der Waals surface area contributed by atoms with Crippen LogP contribution in [0.2, 0.25) is 0 Å². The summed E-state index contributed by atoms with van der Waals surface area (Å²) in [6, 6.07) is 5.02. The van der Waals surface area contributed by atoms with Gasteiger partial charge >= 0.3 is 0 Å². The van der Waals surface area contributed by atoms with Gasteiger partial charge in [0.25, 0.3) is 5.91 Å². The summed E-state index contributed by atoms with van der Waals surface area (Å²) in [5.41, 5.74) is 0.268. The Balaban J connectivity index is 2.07. The van der Waals surface area contributed by atoms with Crippen LogP contribution in [0.3, 0.4) is 0 Å². The van der Waals surface area contributed by atoms with Crippen molar-refractivity contribution in [1.29, 1.82) is 0 Å². The summed E-state index contributed by atoms with van der Waals surface area (Å²) >= 11 is 0. The zero-order valence-corrected chi connectivity index (χ0v) is 14.5. The summed E-state index contributed by atoms with van der Waals surface area (Å²) in [5.74, 6) is 0.121. The number of nitrogens with zero attached hydrogens (tertiary/aromatic N) is 2. The Bertz CT molecular complexity index is 660. The van der Waals surface area contributed by atoms with Gasteiger partial charge in [-0.3, -0.25) is 4.79 Å². The molecule has 128 valence electrons. The maximum absolute atomic E-state index is 12.5. The highest BCUT2D eigenvalue weighted by atomic mass is 32.2. The number of nitrogens with one attached hydrogen (secondary N) is 1. The minimum Gasteiger partial charge on any atom is -0.475 e. The number of ether oxygens (including phenoxy) is 1. The number of likely N-dealkylation sites (tertiary alicyclic amines) is 1. The maximum atomic E-state index is 12.5. The van der Waals surface area contributed by atoms with Crippen LogP contribution in [0.1, 0.15) is 37.7 Å². The van der Waals surface area contributed by atoms with E-state index in [1.54, 1.807) is 25.1 Å². The second-order valence-corrected chi connectivity index (χ2v) is 7.78. The molecule has 0 aromatic carbocycles. The number of sulfonamides is 1. The molecular weight excluding hydrogens is 318 g/mol. The fourth-order valence-electron chi connectivity index (χ4n) is 2.49. The normalized spacial score (nSPS) is 18.4. The molecule has 0 spiro atoms. The molecule has 0 saturated carbocycles. The maximum Gasteiger partial charge on any atom is 0.272 e. The largest absolute Gasteiger partial charge is 0.475 e. The van der Waals surface area contributed by atoms with Gasteiger partial charge in [0.1, 0.15) is 5.69 Å². The third kappa shape index (κ3) is 4.42. The third-order valence-corrected chi connectivity index (χ3v) is 5.47. The summed E-state index contributed by atoms with van der Waals surface area (Å²) in [5, 5.41) is -0.568. The number of hydrogen-bond donors (Lipinski definition) is 1. The lowest BCUT2D eigenvalue weighted by Gasteiger charge is -2.17. The van der Waals surface area contributed by atoms with E-state index in [0.29, 0.717) is 25.4 Å². The van der Waals surface area contributed by atoms with Gasteiger partial charge in [-0.15, -0.1) is 0 Å². The summed E-state index contributed by atoms with van der Waals surface area (Å²) < 4.78 is 32.0. The smallest absolute Gasteiger partial charge is 0.272 e. The molecule has 2 heterocycles.